The Balaban J connectivity index is 1.96. The largest absolute Gasteiger partial charge is 0.370 e. The summed E-state index contributed by atoms with van der Waals surface area (Å²) in [6.45, 7) is 5.31. The number of amides is 1. The zero-order chi connectivity index (χ0) is 15.5. The molecular weight excluding hydrogens is 292 g/mol. The molecule has 1 heterocycles. The molecular formula is C14H20N2O4S. The van der Waals surface area contributed by atoms with Gasteiger partial charge in [-0.1, -0.05) is 17.7 Å². The molecule has 21 heavy (non-hydrogen) atoms. The molecule has 7 heteroatoms. The summed E-state index contributed by atoms with van der Waals surface area (Å²) in [5.74, 6) is -0.105. The van der Waals surface area contributed by atoms with Gasteiger partial charge in [-0.2, -0.15) is 0 Å². The minimum absolute atomic E-state index is 0.0732. The summed E-state index contributed by atoms with van der Waals surface area (Å²) in [5, 5.41) is 0. The fraction of sp³-hybridized carbons (Fsp3) is 0.500. The summed E-state index contributed by atoms with van der Waals surface area (Å²) in [6, 6.07) is 5.21. The Morgan fingerprint density at radius 3 is 2.76 bits per heavy atom. The van der Waals surface area contributed by atoms with Gasteiger partial charge in [0.15, 0.2) is 0 Å². The second-order valence-corrected chi connectivity index (χ2v) is 6.84. The van der Waals surface area contributed by atoms with Gasteiger partial charge in [-0.25, -0.2) is 13.1 Å². The van der Waals surface area contributed by atoms with Crippen molar-refractivity contribution in [1.82, 2.24) is 9.62 Å². The molecule has 1 aromatic rings. The van der Waals surface area contributed by atoms with Gasteiger partial charge in [0, 0.05) is 19.6 Å². The quantitative estimate of drug-likeness (QED) is 0.856. The van der Waals surface area contributed by atoms with E-state index in [4.69, 9.17) is 4.74 Å². The number of hydrogen-bond donors (Lipinski definition) is 1. The summed E-state index contributed by atoms with van der Waals surface area (Å²) in [7, 11) is -3.55. The number of hydrogen-bond acceptors (Lipinski definition) is 4. The fourth-order valence-corrected chi connectivity index (χ4v) is 3.53. The van der Waals surface area contributed by atoms with Crippen LogP contribution in [0, 0.1) is 13.8 Å². The van der Waals surface area contributed by atoms with Gasteiger partial charge in [0.05, 0.1) is 11.5 Å². The number of aryl methyl sites for hydroxylation is 2. The maximum absolute atomic E-state index is 12.2. The standard InChI is InChI=1S/C14H20N2O4S/c1-11-3-4-13(12(2)9-11)21(18,19)15-5-6-16-7-8-20-10-14(16)17/h3-4,9,15H,5-8,10H2,1-2H3. The van der Waals surface area contributed by atoms with E-state index in [2.05, 4.69) is 4.72 Å². The van der Waals surface area contributed by atoms with E-state index in [-0.39, 0.29) is 24.0 Å². The highest BCUT2D eigenvalue weighted by molar-refractivity contribution is 7.89. The van der Waals surface area contributed by atoms with Crippen LogP contribution in [0.25, 0.3) is 0 Å². The normalized spacial score (nSPS) is 16.3. The number of sulfonamides is 1. The third-order valence-electron chi connectivity index (χ3n) is 3.38. The van der Waals surface area contributed by atoms with Crippen LogP contribution in [-0.4, -0.2) is 52.1 Å². The maximum atomic E-state index is 12.2. The summed E-state index contributed by atoms with van der Waals surface area (Å²) in [6.07, 6.45) is 0. The van der Waals surface area contributed by atoms with Crippen molar-refractivity contribution in [2.75, 3.05) is 32.8 Å². The third kappa shape index (κ3) is 4.03. The van der Waals surface area contributed by atoms with E-state index >= 15 is 0 Å². The number of carbonyl (C=O) groups excluding carboxylic acids is 1. The average Bonchev–Trinajstić information content (AvgIpc) is 2.40. The van der Waals surface area contributed by atoms with Crippen LogP contribution in [0.3, 0.4) is 0 Å². The van der Waals surface area contributed by atoms with E-state index in [1.54, 1.807) is 24.0 Å². The Morgan fingerprint density at radius 2 is 2.10 bits per heavy atom. The number of nitrogens with one attached hydrogen (secondary N) is 1. The zero-order valence-electron chi connectivity index (χ0n) is 12.3. The Bertz CT molecular complexity index is 628. The van der Waals surface area contributed by atoms with E-state index in [1.165, 1.54) is 0 Å². The molecule has 116 valence electrons. The molecule has 1 aromatic carbocycles. The SMILES string of the molecule is Cc1ccc(S(=O)(=O)NCCN2CCOCC2=O)c(C)c1. The van der Waals surface area contributed by atoms with E-state index < -0.39 is 10.0 Å². The van der Waals surface area contributed by atoms with Gasteiger partial charge in [0.2, 0.25) is 15.9 Å². The summed E-state index contributed by atoms with van der Waals surface area (Å²) in [4.78, 5) is 13.4. The molecule has 1 N–H and O–H groups in total. The summed E-state index contributed by atoms with van der Waals surface area (Å²) in [5.41, 5.74) is 1.73. The van der Waals surface area contributed by atoms with Crippen LogP contribution in [0.1, 0.15) is 11.1 Å². The zero-order valence-corrected chi connectivity index (χ0v) is 13.1. The predicted molar refractivity (Wildman–Crippen MR) is 78.5 cm³/mol. The second kappa shape index (κ2) is 6.55. The van der Waals surface area contributed by atoms with Gasteiger partial charge in [-0.15, -0.1) is 0 Å². The average molecular weight is 312 g/mol. The van der Waals surface area contributed by atoms with Crippen molar-refractivity contribution in [2.45, 2.75) is 18.7 Å². The first-order valence-corrected chi connectivity index (χ1v) is 8.31. The number of ether oxygens (including phenoxy) is 1. The van der Waals surface area contributed by atoms with Crippen LogP contribution >= 0.6 is 0 Å². The molecule has 1 saturated heterocycles. The predicted octanol–water partition coefficient (Wildman–Crippen LogP) is 0.441. The molecule has 6 nitrogen and oxygen atoms in total. The Labute approximate surface area is 125 Å². The van der Waals surface area contributed by atoms with Crippen molar-refractivity contribution >= 4 is 15.9 Å². The van der Waals surface area contributed by atoms with Crippen molar-refractivity contribution < 1.29 is 17.9 Å². The van der Waals surface area contributed by atoms with Crippen molar-refractivity contribution in [3.05, 3.63) is 29.3 Å². The summed E-state index contributed by atoms with van der Waals surface area (Å²) >= 11 is 0. The fourth-order valence-electron chi connectivity index (χ4n) is 2.28. The Morgan fingerprint density at radius 1 is 1.33 bits per heavy atom. The molecule has 0 aromatic heterocycles. The molecule has 0 radical (unpaired) electrons. The highest BCUT2D eigenvalue weighted by atomic mass is 32.2. The van der Waals surface area contributed by atoms with Crippen LogP contribution in [-0.2, 0) is 19.6 Å². The highest BCUT2D eigenvalue weighted by Gasteiger charge is 2.20. The first-order chi connectivity index (χ1) is 9.90. The van der Waals surface area contributed by atoms with Gasteiger partial charge in [0.1, 0.15) is 6.61 Å². The van der Waals surface area contributed by atoms with Crippen molar-refractivity contribution in [1.29, 1.82) is 0 Å². The van der Waals surface area contributed by atoms with Gasteiger partial charge in [-0.3, -0.25) is 4.79 Å². The van der Waals surface area contributed by atoms with E-state index in [9.17, 15) is 13.2 Å². The molecule has 0 atom stereocenters. The molecule has 1 fully saturated rings. The van der Waals surface area contributed by atoms with Crippen molar-refractivity contribution in [3.8, 4) is 0 Å². The number of benzene rings is 1. The molecule has 1 aliphatic heterocycles. The van der Waals surface area contributed by atoms with E-state index in [0.717, 1.165) is 5.56 Å². The minimum atomic E-state index is -3.55. The van der Waals surface area contributed by atoms with E-state index in [1.807, 2.05) is 13.0 Å². The highest BCUT2D eigenvalue weighted by Crippen LogP contribution is 2.16. The number of morpholine rings is 1. The van der Waals surface area contributed by atoms with Crippen LogP contribution in [0.15, 0.2) is 23.1 Å². The number of rotatable bonds is 5. The lowest BCUT2D eigenvalue weighted by Crippen LogP contribution is -2.45. The van der Waals surface area contributed by atoms with Crippen molar-refractivity contribution in [3.63, 3.8) is 0 Å². The Kier molecular flexibility index (Phi) is 4.97. The lowest BCUT2D eigenvalue weighted by Gasteiger charge is -2.26. The van der Waals surface area contributed by atoms with Gasteiger partial charge in [0.25, 0.3) is 0 Å². The molecule has 0 aliphatic carbocycles. The molecule has 0 saturated carbocycles. The summed E-state index contributed by atoms with van der Waals surface area (Å²) < 4.78 is 32.1. The van der Waals surface area contributed by atoms with Gasteiger partial charge < -0.3 is 9.64 Å². The molecule has 1 amide bonds. The minimum Gasteiger partial charge on any atom is -0.370 e. The van der Waals surface area contributed by atoms with Crippen LogP contribution in [0.5, 0.6) is 0 Å². The van der Waals surface area contributed by atoms with Gasteiger partial charge >= 0.3 is 0 Å². The first kappa shape index (κ1) is 15.9. The number of carbonyl (C=O) groups is 1. The molecule has 0 unspecified atom stereocenters. The molecule has 0 bridgehead atoms. The molecule has 0 spiro atoms. The molecule has 1 aliphatic rings. The van der Waals surface area contributed by atoms with Crippen LogP contribution in [0.2, 0.25) is 0 Å². The lowest BCUT2D eigenvalue weighted by molar-refractivity contribution is -0.142. The second-order valence-electron chi connectivity index (χ2n) is 5.10. The molecule has 2 rings (SSSR count). The Hall–Kier alpha value is -1.44. The van der Waals surface area contributed by atoms with E-state index in [0.29, 0.717) is 25.3 Å². The maximum Gasteiger partial charge on any atom is 0.248 e. The third-order valence-corrected chi connectivity index (χ3v) is 5.00. The van der Waals surface area contributed by atoms with Crippen LogP contribution in [0.4, 0.5) is 0 Å². The van der Waals surface area contributed by atoms with Gasteiger partial charge in [-0.05, 0) is 25.5 Å². The van der Waals surface area contributed by atoms with Crippen LogP contribution < -0.4 is 4.72 Å². The lowest BCUT2D eigenvalue weighted by atomic mass is 10.2. The monoisotopic (exact) mass is 312 g/mol. The smallest absolute Gasteiger partial charge is 0.248 e. The first-order valence-electron chi connectivity index (χ1n) is 6.82. The topological polar surface area (TPSA) is 75.7 Å². The number of nitrogens with zero attached hydrogens (tertiary/aromatic N) is 1. The van der Waals surface area contributed by atoms with Crippen molar-refractivity contribution in [2.24, 2.45) is 0 Å².